The summed E-state index contributed by atoms with van der Waals surface area (Å²) in [5, 5.41) is 0.675. The monoisotopic (exact) mass is 328 g/mol. The Balaban J connectivity index is 0.00000161. The van der Waals surface area contributed by atoms with Crippen LogP contribution in [0.2, 0.25) is 5.02 Å². The van der Waals surface area contributed by atoms with Crippen LogP contribution in [0.15, 0.2) is 24.3 Å². The van der Waals surface area contributed by atoms with E-state index in [2.05, 4.69) is 4.90 Å². The van der Waals surface area contributed by atoms with Crippen molar-refractivity contribution in [2.24, 2.45) is 0 Å². The van der Waals surface area contributed by atoms with Crippen LogP contribution in [0.5, 0.6) is 0 Å². The summed E-state index contributed by atoms with van der Waals surface area (Å²) < 4.78 is 0. The molecule has 5 heteroatoms. The largest absolute Gasteiger partial charge is 0.337 e. The summed E-state index contributed by atoms with van der Waals surface area (Å²) in [4.78, 5) is 17.0. The van der Waals surface area contributed by atoms with Gasteiger partial charge in [-0.2, -0.15) is 0 Å². The van der Waals surface area contributed by atoms with E-state index in [9.17, 15) is 4.79 Å². The van der Waals surface area contributed by atoms with Gasteiger partial charge in [-0.05, 0) is 43.5 Å². The molecule has 2 aliphatic rings. The minimum atomic E-state index is 0. The Labute approximate surface area is 137 Å². The lowest BCUT2D eigenvalue weighted by atomic mass is 9.91. The third kappa shape index (κ3) is 3.91. The summed E-state index contributed by atoms with van der Waals surface area (Å²) >= 11 is 5.87. The predicted octanol–water partition coefficient (Wildman–Crippen LogP) is 3.46. The van der Waals surface area contributed by atoms with Gasteiger partial charge in [0.25, 0.3) is 5.91 Å². The molecule has 0 bridgehead atoms. The smallest absolute Gasteiger partial charge is 0.253 e. The third-order valence-corrected chi connectivity index (χ3v) is 4.75. The van der Waals surface area contributed by atoms with Crippen LogP contribution in [-0.4, -0.2) is 47.9 Å². The molecule has 3 nitrogen and oxygen atoms in total. The highest BCUT2D eigenvalue weighted by Crippen LogP contribution is 2.25. The Bertz CT molecular complexity index is 474. The van der Waals surface area contributed by atoms with Crippen LogP contribution in [0.1, 0.15) is 36.0 Å². The summed E-state index contributed by atoms with van der Waals surface area (Å²) in [6.45, 7) is 3.86. The Morgan fingerprint density at radius 1 is 1.00 bits per heavy atom. The van der Waals surface area contributed by atoms with Crippen LogP contribution < -0.4 is 0 Å². The van der Waals surface area contributed by atoms with Crippen LogP contribution >= 0.6 is 24.0 Å². The Kier molecular flexibility index (Phi) is 5.91. The number of halogens is 2. The van der Waals surface area contributed by atoms with Gasteiger partial charge in [0.15, 0.2) is 0 Å². The van der Waals surface area contributed by atoms with E-state index in [0.29, 0.717) is 5.02 Å². The number of rotatable bonds is 2. The van der Waals surface area contributed by atoms with E-state index in [1.165, 1.54) is 19.3 Å². The molecule has 1 saturated heterocycles. The molecule has 1 aliphatic carbocycles. The van der Waals surface area contributed by atoms with Gasteiger partial charge in [0.1, 0.15) is 0 Å². The molecular weight excluding hydrogens is 307 g/mol. The maximum atomic E-state index is 12.5. The summed E-state index contributed by atoms with van der Waals surface area (Å²) in [6.07, 6.45) is 5.13. The van der Waals surface area contributed by atoms with Crippen LogP contribution in [0.4, 0.5) is 0 Å². The Hall–Kier alpha value is -0.770. The second kappa shape index (κ2) is 7.48. The molecule has 2 fully saturated rings. The first-order valence-corrected chi connectivity index (χ1v) is 7.91. The van der Waals surface area contributed by atoms with Crippen molar-refractivity contribution < 1.29 is 4.79 Å². The molecule has 0 radical (unpaired) electrons. The molecule has 0 unspecified atom stereocenters. The van der Waals surface area contributed by atoms with Crippen molar-refractivity contribution in [3.8, 4) is 0 Å². The van der Waals surface area contributed by atoms with Crippen molar-refractivity contribution in [3.63, 3.8) is 0 Å². The van der Waals surface area contributed by atoms with Gasteiger partial charge >= 0.3 is 0 Å². The highest BCUT2D eigenvalue weighted by molar-refractivity contribution is 6.30. The van der Waals surface area contributed by atoms with Crippen molar-refractivity contribution in [1.82, 2.24) is 9.80 Å². The average molecular weight is 329 g/mol. The van der Waals surface area contributed by atoms with Crippen molar-refractivity contribution in [2.45, 2.75) is 31.7 Å². The highest BCUT2D eigenvalue weighted by atomic mass is 35.5. The molecule has 1 aromatic rings. The predicted molar refractivity (Wildman–Crippen MR) is 88.4 cm³/mol. The molecule has 116 valence electrons. The Morgan fingerprint density at radius 3 is 2.33 bits per heavy atom. The zero-order valence-corrected chi connectivity index (χ0v) is 13.7. The first-order valence-electron chi connectivity index (χ1n) is 7.53. The van der Waals surface area contributed by atoms with E-state index < -0.39 is 0 Å². The molecule has 0 spiro atoms. The summed E-state index contributed by atoms with van der Waals surface area (Å²) in [7, 11) is 0. The van der Waals surface area contributed by atoms with Gasteiger partial charge < -0.3 is 4.90 Å². The van der Waals surface area contributed by atoms with E-state index >= 15 is 0 Å². The van der Waals surface area contributed by atoms with Gasteiger partial charge in [0.05, 0.1) is 0 Å². The first kappa shape index (κ1) is 16.6. The summed E-state index contributed by atoms with van der Waals surface area (Å²) in [5.41, 5.74) is 0.742. The van der Waals surface area contributed by atoms with Crippen molar-refractivity contribution >= 4 is 29.9 Å². The molecule has 3 rings (SSSR count). The molecule has 0 aromatic heterocycles. The number of carbonyl (C=O) groups excluding carboxylic acids is 1. The van der Waals surface area contributed by atoms with Crippen LogP contribution in [0.25, 0.3) is 0 Å². The van der Waals surface area contributed by atoms with Gasteiger partial charge in [-0.15, -0.1) is 12.4 Å². The third-order valence-electron chi connectivity index (χ3n) is 4.50. The topological polar surface area (TPSA) is 23.6 Å². The minimum absolute atomic E-state index is 0. The van der Waals surface area contributed by atoms with Crippen LogP contribution in [-0.2, 0) is 0 Å². The van der Waals surface area contributed by atoms with E-state index in [4.69, 9.17) is 11.6 Å². The lowest BCUT2D eigenvalue weighted by Crippen LogP contribution is -2.42. The number of carbonyl (C=O) groups is 1. The van der Waals surface area contributed by atoms with E-state index in [1.807, 2.05) is 17.0 Å². The number of hydrogen-bond donors (Lipinski definition) is 0. The molecule has 1 aliphatic heterocycles. The van der Waals surface area contributed by atoms with Crippen molar-refractivity contribution in [1.29, 1.82) is 0 Å². The van der Waals surface area contributed by atoms with Crippen LogP contribution in [0, 0.1) is 0 Å². The van der Waals surface area contributed by atoms with Crippen molar-refractivity contribution in [2.75, 3.05) is 26.2 Å². The van der Waals surface area contributed by atoms with E-state index in [-0.39, 0.29) is 18.3 Å². The number of benzene rings is 1. The summed E-state index contributed by atoms with van der Waals surface area (Å²) in [5.74, 6) is 0.136. The standard InChI is InChI=1S/C16H21ClN2O.ClH/c17-14-7-5-13(6-8-14)16(20)19-10-2-9-18(11-12-19)15-3-1-4-15;/h5-8,15H,1-4,9-12H2;1H. The molecule has 0 N–H and O–H groups in total. The number of nitrogens with zero attached hydrogens (tertiary/aromatic N) is 2. The van der Waals surface area contributed by atoms with Gasteiger partial charge in [-0.25, -0.2) is 0 Å². The molecule has 21 heavy (non-hydrogen) atoms. The second-order valence-corrected chi connectivity index (χ2v) is 6.21. The van der Waals surface area contributed by atoms with Crippen LogP contribution in [0.3, 0.4) is 0 Å². The molecule has 1 amide bonds. The van der Waals surface area contributed by atoms with Gasteiger partial charge in [0.2, 0.25) is 0 Å². The summed E-state index contributed by atoms with van der Waals surface area (Å²) in [6, 6.07) is 7.99. The zero-order chi connectivity index (χ0) is 13.9. The first-order chi connectivity index (χ1) is 9.74. The fraction of sp³-hybridized carbons (Fsp3) is 0.562. The Morgan fingerprint density at radius 2 is 1.71 bits per heavy atom. The maximum Gasteiger partial charge on any atom is 0.253 e. The zero-order valence-electron chi connectivity index (χ0n) is 12.1. The van der Waals surface area contributed by atoms with Crippen molar-refractivity contribution in [3.05, 3.63) is 34.9 Å². The average Bonchev–Trinajstić information content (AvgIpc) is 2.63. The normalized spacial score (nSPS) is 20.3. The second-order valence-electron chi connectivity index (χ2n) is 5.77. The SMILES string of the molecule is Cl.O=C(c1ccc(Cl)cc1)N1CCCN(C2CCC2)CC1. The van der Waals surface area contributed by atoms with Gasteiger partial charge in [-0.1, -0.05) is 18.0 Å². The molecular formula is C16H22Cl2N2O. The van der Waals surface area contributed by atoms with Gasteiger partial charge in [0, 0.05) is 42.8 Å². The molecule has 0 atom stereocenters. The van der Waals surface area contributed by atoms with Gasteiger partial charge in [-0.3, -0.25) is 9.69 Å². The van der Waals surface area contributed by atoms with E-state index in [1.54, 1.807) is 12.1 Å². The number of amides is 1. The van der Waals surface area contributed by atoms with E-state index in [0.717, 1.165) is 44.2 Å². The quantitative estimate of drug-likeness (QED) is 0.830. The lowest BCUT2D eigenvalue weighted by Gasteiger charge is -2.36. The number of hydrogen-bond acceptors (Lipinski definition) is 2. The molecule has 1 heterocycles. The fourth-order valence-corrected chi connectivity index (χ4v) is 3.16. The molecule has 1 aromatic carbocycles. The minimum Gasteiger partial charge on any atom is -0.337 e. The fourth-order valence-electron chi connectivity index (χ4n) is 3.03. The molecule has 1 saturated carbocycles. The lowest BCUT2D eigenvalue weighted by molar-refractivity contribution is 0.0749. The maximum absolute atomic E-state index is 12.5. The highest BCUT2D eigenvalue weighted by Gasteiger charge is 2.27.